The summed E-state index contributed by atoms with van der Waals surface area (Å²) in [5.74, 6) is -3.76. The van der Waals surface area contributed by atoms with Gasteiger partial charge in [0.15, 0.2) is 17.5 Å². The number of rotatable bonds is 3. The Balaban J connectivity index is 1.90. The molecule has 2 aromatic carbocycles. The number of benzene rings is 2. The minimum absolute atomic E-state index is 0.359. The van der Waals surface area contributed by atoms with Gasteiger partial charge in [0.25, 0.3) is 0 Å². The van der Waals surface area contributed by atoms with Gasteiger partial charge in [-0.2, -0.15) is 0 Å². The fourth-order valence-corrected chi connectivity index (χ4v) is 3.34. The van der Waals surface area contributed by atoms with Crippen LogP contribution >= 0.6 is 11.3 Å². The first-order valence-electron chi connectivity index (χ1n) is 6.83. The molecule has 0 nitrogen and oxygen atoms in total. The summed E-state index contributed by atoms with van der Waals surface area (Å²) in [6, 6.07) is 13.9. The lowest BCUT2D eigenvalue weighted by atomic mass is 10.1. The summed E-state index contributed by atoms with van der Waals surface area (Å²) in [6.45, 7) is 2.05. The Labute approximate surface area is 130 Å². The maximum absolute atomic E-state index is 13.3. The van der Waals surface area contributed by atoms with E-state index in [1.807, 2.05) is 24.3 Å². The van der Waals surface area contributed by atoms with E-state index in [1.165, 1.54) is 22.5 Å². The molecule has 0 aliphatic rings. The summed E-state index contributed by atoms with van der Waals surface area (Å²) in [6.07, 6.45) is 0.767. The largest absolute Gasteiger partial charge is 0.204 e. The molecule has 0 N–H and O–H groups in total. The Bertz CT molecular complexity index is 798. The molecule has 0 saturated carbocycles. The summed E-state index contributed by atoms with van der Waals surface area (Å²) < 4.78 is 39.7. The van der Waals surface area contributed by atoms with Crippen LogP contribution < -0.4 is 0 Å². The molecule has 0 spiro atoms. The van der Waals surface area contributed by atoms with E-state index in [0.717, 1.165) is 28.3 Å². The molecule has 3 rings (SSSR count). The van der Waals surface area contributed by atoms with Gasteiger partial charge < -0.3 is 0 Å². The average Bonchev–Trinajstić information content (AvgIpc) is 2.95. The molecule has 1 aromatic heterocycles. The lowest BCUT2D eigenvalue weighted by Gasteiger charge is -2.03. The van der Waals surface area contributed by atoms with Crippen LogP contribution in [-0.2, 0) is 6.42 Å². The highest BCUT2D eigenvalue weighted by Gasteiger charge is 2.13. The van der Waals surface area contributed by atoms with Crippen molar-refractivity contribution in [3.8, 4) is 10.4 Å². The fraction of sp³-hybridized carbons (Fsp3) is 0.111. The fourth-order valence-electron chi connectivity index (χ4n) is 2.32. The summed E-state index contributed by atoms with van der Waals surface area (Å²) in [5, 5.41) is 0. The molecule has 0 saturated heterocycles. The second-order valence-corrected chi connectivity index (χ2v) is 6.29. The van der Waals surface area contributed by atoms with Crippen LogP contribution in [0.25, 0.3) is 10.4 Å². The summed E-state index contributed by atoms with van der Waals surface area (Å²) in [7, 11) is 0. The molecule has 0 aliphatic heterocycles. The Morgan fingerprint density at radius 1 is 0.909 bits per heavy atom. The van der Waals surface area contributed by atoms with Gasteiger partial charge in [0.1, 0.15) is 0 Å². The molecule has 22 heavy (non-hydrogen) atoms. The summed E-state index contributed by atoms with van der Waals surface area (Å²) >= 11 is 1.46. The third kappa shape index (κ3) is 2.92. The molecule has 3 aromatic rings. The monoisotopic (exact) mass is 318 g/mol. The summed E-state index contributed by atoms with van der Waals surface area (Å²) in [4.78, 5) is 1.82. The molecule has 0 bridgehead atoms. The highest BCUT2D eigenvalue weighted by Crippen LogP contribution is 2.31. The molecule has 112 valence electrons. The number of hydrogen-bond acceptors (Lipinski definition) is 1. The van der Waals surface area contributed by atoms with Crippen molar-refractivity contribution in [3.63, 3.8) is 0 Å². The van der Waals surface area contributed by atoms with Gasteiger partial charge in [0, 0.05) is 16.2 Å². The molecule has 0 radical (unpaired) electrons. The normalized spacial score (nSPS) is 10.9. The predicted octanol–water partition coefficient (Wildman–Crippen LogP) is 5.73. The van der Waals surface area contributed by atoms with Gasteiger partial charge in [-0.1, -0.05) is 24.3 Å². The Hall–Kier alpha value is -2.07. The van der Waals surface area contributed by atoms with Crippen molar-refractivity contribution >= 4 is 11.3 Å². The van der Waals surface area contributed by atoms with Gasteiger partial charge in [0.2, 0.25) is 0 Å². The number of aryl methyl sites for hydroxylation is 1. The smallest absolute Gasteiger partial charge is 0.194 e. The van der Waals surface area contributed by atoms with Crippen LogP contribution in [0.2, 0.25) is 0 Å². The van der Waals surface area contributed by atoms with Crippen molar-refractivity contribution in [1.29, 1.82) is 0 Å². The highest BCUT2D eigenvalue weighted by atomic mass is 32.1. The lowest BCUT2D eigenvalue weighted by Crippen LogP contribution is -1.90. The van der Waals surface area contributed by atoms with Crippen molar-refractivity contribution in [3.05, 3.63) is 82.0 Å². The highest BCUT2D eigenvalue weighted by molar-refractivity contribution is 7.15. The molecule has 0 atom stereocenters. The first-order valence-corrected chi connectivity index (χ1v) is 7.64. The Kier molecular flexibility index (Phi) is 4.03. The maximum Gasteiger partial charge on any atom is 0.194 e. The van der Waals surface area contributed by atoms with E-state index in [4.69, 9.17) is 0 Å². The van der Waals surface area contributed by atoms with Crippen molar-refractivity contribution in [2.75, 3.05) is 0 Å². The van der Waals surface area contributed by atoms with Crippen LogP contribution in [0.5, 0.6) is 0 Å². The molecule has 4 heteroatoms. The van der Waals surface area contributed by atoms with Gasteiger partial charge in [-0.3, -0.25) is 0 Å². The Morgan fingerprint density at radius 3 is 2.27 bits per heavy atom. The molecular formula is C18H13F3S. The van der Waals surface area contributed by atoms with E-state index in [1.54, 1.807) is 0 Å². The second kappa shape index (κ2) is 5.97. The predicted molar refractivity (Wildman–Crippen MR) is 83.6 cm³/mol. The van der Waals surface area contributed by atoms with Gasteiger partial charge in [-0.15, -0.1) is 11.3 Å². The van der Waals surface area contributed by atoms with Crippen LogP contribution in [0, 0.1) is 24.4 Å². The molecule has 0 unspecified atom stereocenters. The third-order valence-electron chi connectivity index (χ3n) is 3.56. The van der Waals surface area contributed by atoms with Crippen molar-refractivity contribution in [2.24, 2.45) is 0 Å². The van der Waals surface area contributed by atoms with Crippen molar-refractivity contribution in [2.45, 2.75) is 13.3 Å². The van der Waals surface area contributed by atoms with E-state index < -0.39 is 17.5 Å². The zero-order chi connectivity index (χ0) is 15.7. The maximum atomic E-state index is 13.3. The van der Waals surface area contributed by atoms with E-state index in [2.05, 4.69) is 19.1 Å². The summed E-state index contributed by atoms with van der Waals surface area (Å²) in [5.41, 5.74) is 2.78. The molecular weight excluding hydrogens is 305 g/mol. The average molecular weight is 318 g/mol. The van der Waals surface area contributed by atoms with E-state index in [9.17, 15) is 13.2 Å². The van der Waals surface area contributed by atoms with Crippen LogP contribution in [0.3, 0.4) is 0 Å². The second-order valence-electron chi connectivity index (χ2n) is 5.12. The first kappa shape index (κ1) is 14.9. The zero-order valence-corrected chi connectivity index (χ0v) is 12.7. The van der Waals surface area contributed by atoms with Crippen LogP contribution in [0.4, 0.5) is 13.2 Å². The zero-order valence-electron chi connectivity index (χ0n) is 11.9. The minimum Gasteiger partial charge on any atom is -0.204 e. The molecule has 0 fully saturated rings. The molecule has 1 heterocycles. The lowest BCUT2D eigenvalue weighted by molar-refractivity contribution is 0.448. The third-order valence-corrected chi connectivity index (χ3v) is 4.69. The molecule has 0 aliphatic carbocycles. The van der Waals surface area contributed by atoms with E-state index in [-0.39, 0.29) is 0 Å². The molecule has 0 amide bonds. The number of hydrogen-bond donors (Lipinski definition) is 0. The quantitative estimate of drug-likeness (QED) is 0.541. The first-order chi connectivity index (χ1) is 10.5. The number of thiophene rings is 1. The van der Waals surface area contributed by atoms with Crippen LogP contribution in [0.15, 0.2) is 48.5 Å². The van der Waals surface area contributed by atoms with Gasteiger partial charge in [-0.25, -0.2) is 13.2 Å². The minimum atomic E-state index is -1.43. The van der Waals surface area contributed by atoms with E-state index in [0.29, 0.717) is 5.56 Å². The van der Waals surface area contributed by atoms with Crippen LogP contribution in [-0.4, -0.2) is 0 Å². The Morgan fingerprint density at radius 2 is 1.59 bits per heavy atom. The van der Waals surface area contributed by atoms with Gasteiger partial charge >= 0.3 is 0 Å². The van der Waals surface area contributed by atoms with Crippen LogP contribution in [0.1, 0.15) is 16.0 Å². The van der Waals surface area contributed by atoms with Gasteiger partial charge in [0.05, 0.1) is 0 Å². The van der Waals surface area contributed by atoms with Gasteiger partial charge in [-0.05, 0) is 47.9 Å². The van der Waals surface area contributed by atoms with E-state index >= 15 is 0 Å². The number of halogens is 3. The topological polar surface area (TPSA) is 0 Å². The van der Waals surface area contributed by atoms with Crippen molar-refractivity contribution < 1.29 is 13.2 Å². The standard InChI is InChI=1S/C18H13F3S/c1-11-4-2-3-5-12(11)8-14-6-7-17(22-14)13-9-15(19)18(21)16(20)10-13/h2-7,9-10H,8H2,1H3. The SMILES string of the molecule is Cc1ccccc1Cc1ccc(-c2cc(F)c(F)c(F)c2)s1. The van der Waals surface area contributed by atoms with Crippen molar-refractivity contribution in [1.82, 2.24) is 0 Å².